The molecule has 0 aliphatic rings. The van der Waals surface area contributed by atoms with E-state index < -0.39 is 7.12 Å². The first-order chi connectivity index (χ1) is 6.56. The van der Waals surface area contributed by atoms with Gasteiger partial charge in [0, 0.05) is 25.3 Å². The Balaban J connectivity index is 3.18. The molecule has 4 nitrogen and oxygen atoms in total. The van der Waals surface area contributed by atoms with E-state index in [1.54, 1.807) is 12.1 Å². The van der Waals surface area contributed by atoms with Crippen molar-refractivity contribution >= 4 is 24.6 Å². The first-order valence-electron chi connectivity index (χ1n) is 4.19. The lowest BCUT2D eigenvalue weighted by atomic mass is 9.77. The average molecular weight is 193 g/mol. The van der Waals surface area contributed by atoms with Gasteiger partial charge >= 0.3 is 7.12 Å². The van der Waals surface area contributed by atoms with Gasteiger partial charge in [-0.1, -0.05) is 6.07 Å². The summed E-state index contributed by atoms with van der Waals surface area (Å²) in [6.45, 7) is 0. The molecule has 0 saturated carbocycles. The van der Waals surface area contributed by atoms with Crippen LogP contribution >= 0.6 is 0 Å². The molecule has 0 unspecified atom stereocenters. The molecule has 2 N–H and O–H groups in total. The maximum Gasteiger partial charge on any atom is 0.489 e. The summed E-state index contributed by atoms with van der Waals surface area (Å²) in [5, 5.41) is 17.9. The summed E-state index contributed by atoms with van der Waals surface area (Å²) in [4.78, 5) is 12.5. The van der Waals surface area contributed by atoms with Gasteiger partial charge in [-0.3, -0.25) is 4.79 Å². The molecule has 0 fully saturated rings. The smallest absolute Gasteiger partial charge is 0.423 e. The third-order valence-electron chi connectivity index (χ3n) is 1.99. The third-order valence-corrected chi connectivity index (χ3v) is 1.99. The van der Waals surface area contributed by atoms with Gasteiger partial charge in [0.2, 0.25) is 0 Å². The van der Waals surface area contributed by atoms with Crippen molar-refractivity contribution in [1.82, 2.24) is 0 Å². The van der Waals surface area contributed by atoms with Crippen molar-refractivity contribution in [3.05, 3.63) is 23.8 Å². The summed E-state index contributed by atoms with van der Waals surface area (Å²) in [5.41, 5.74) is 1.37. The highest BCUT2D eigenvalue weighted by atomic mass is 16.4. The first-order valence-corrected chi connectivity index (χ1v) is 4.19. The summed E-state index contributed by atoms with van der Waals surface area (Å²) >= 11 is 0. The number of hydrogen-bond acceptors (Lipinski definition) is 4. The maximum atomic E-state index is 10.7. The molecule has 5 heteroatoms. The number of rotatable bonds is 3. The molecule has 0 radical (unpaired) electrons. The molecule has 0 aliphatic carbocycles. The molecule has 0 amide bonds. The second-order valence-electron chi connectivity index (χ2n) is 3.20. The Hall–Kier alpha value is -1.33. The lowest BCUT2D eigenvalue weighted by Gasteiger charge is -2.14. The molecule has 1 rings (SSSR count). The van der Waals surface area contributed by atoms with E-state index in [2.05, 4.69) is 0 Å². The van der Waals surface area contributed by atoms with Crippen molar-refractivity contribution in [3.63, 3.8) is 0 Å². The Kier molecular flexibility index (Phi) is 3.27. The van der Waals surface area contributed by atoms with Crippen molar-refractivity contribution in [2.24, 2.45) is 0 Å². The number of carbonyl (C=O) groups excluding carboxylic acids is 1. The minimum absolute atomic E-state index is 0.227. The van der Waals surface area contributed by atoms with Crippen molar-refractivity contribution in [2.75, 3.05) is 19.0 Å². The van der Waals surface area contributed by atoms with E-state index in [4.69, 9.17) is 10.0 Å². The SMILES string of the molecule is CN(C)c1ccc(B(O)O)c(C=O)c1. The molecule has 0 heterocycles. The molecule has 14 heavy (non-hydrogen) atoms. The maximum absolute atomic E-state index is 10.7. The Morgan fingerprint density at radius 1 is 1.36 bits per heavy atom. The Labute approximate surface area is 82.9 Å². The van der Waals surface area contributed by atoms with Gasteiger partial charge < -0.3 is 14.9 Å². The van der Waals surface area contributed by atoms with E-state index in [0.717, 1.165) is 5.69 Å². The van der Waals surface area contributed by atoms with Crippen LogP contribution in [0.4, 0.5) is 5.69 Å². The highest BCUT2D eigenvalue weighted by Crippen LogP contribution is 2.10. The highest BCUT2D eigenvalue weighted by molar-refractivity contribution is 6.60. The van der Waals surface area contributed by atoms with Gasteiger partial charge in [-0.05, 0) is 17.6 Å². The molecule has 1 aromatic rings. The fourth-order valence-corrected chi connectivity index (χ4v) is 1.18. The van der Waals surface area contributed by atoms with E-state index in [-0.39, 0.29) is 5.46 Å². The molecule has 1 aromatic carbocycles. The Bertz CT molecular complexity index is 339. The van der Waals surface area contributed by atoms with E-state index in [9.17, 15) is 4.79 Å². The third kappa shape index (κ3) is 2.13. The minimum Gasteiger partial charge on any atom is -0.423 e. The lowest BCUT2D eigenvalue weighted by Crippen LogP contribution is -2.33. The largest absolute Gasteiger partial charge is 0.489 e. The fourth-order valence-electron chi connectivity index (χ4n) is 1.18. The van der Waals surface area contributed by atoms with Crippen LogP contribution in [0.25, 0.3) is 0 Å². The van der Waals surface area contributed by atoms with Crippen LogP contribution in [0.1, 0.15) is 10.4 Å². The Morgan fingerprint density at radius 2 is 2.00 bits per heavy atom. The summed E-state index contributed by atoms with van der Waals surface area (Å²) in [6, 6.07) is 4.87. The van der Waals surface area contributed by atoms with Crippen molar-refractivity contribution in [1.29, 1.82) is 0 Å². The molecule has 0 bridgehead atoms. The van der Waals surface area contributed by atoms with Gasteiger partial charge in [-0.25, -0.2) is 0 Å². The van der Waals surface area contributed by atoms with Crippen molar-refractivity contribution in [3.8, 4) is 0 Å². The van der Waals surface area contributed by atoms with Crippen LogP contribution in [0.3, 0.4) is 0 Å². The number of carbonyl (C=O) groups is 1. The number of aldehydes is 1. The quantitative estimate of drug-likeness (QED) is 0.489. The summed E-state index contributed by atoms with van der Waals surface area (Å²) in [7, 11) is 2.09. The summed E-state index contributed by atoms with van der Waals surface area (Å²) < 4.78 is 0. The second-order valence-corrected chi connectivity index (χ2v) is 3.20. The molecular weight excluding hydrogens is 181 g/mol. The number of anilines is 1. The summed E-state index contributed by atoms with van der Waals surface area (Å²) in [6.07, 6.45) is 0.613. The standard InChI is InChI=1S/C9H12BNO3/c1-11(2)8-3-4-9(10(13)14)7(5-8)6-12/h3-6,13-14H,1-2H3. The fraction of sp³-hybridized carbons (Fsp3) is 0.222. The molecule has 0 aliphatic heterocycles. The van der Waals surface area contributed by atoms with E-state index in [1.807, 2.05) is 19.0 Å². The molecule has 0 aromatic heterocycles. The molecule has 74 valence electrons. The van der Waals surface area contributed by atoms with E-state index in [1.165, 1.54) is 6.07 Å². The van der Waals surface area contributed by atoms with Crippen molar-refractivity contribution < 1.29 is 14.8 Å². The van der Waals surface area contributed by atoms with Gasteiger partial charge in [0.05, 0.1) is 0 Å². The first kappa shape index (κ1) is 10.8. The number of hydrogen-bond donors (Lipinski definition) is 2. The van der Waals surface area contributed by atoms with Gasteiger partial charge in [-0.15, -0.1) is 0 Å². The normalized spacial score (nSPS) is 9.71. The van der Waals surface area contributed by atoms with E-state index >= 15 is 0 Å². The van der Waals surface area contributed by atoms with Crippen LogP contribution < -0.4 is 10.4 Å². The molecule has 0 atom stereocenters. The summed E-state index contributed by atoms with van der Waals surface area (Å²) in [5.74, 6) is 0. The van der Waals surface area contributed by atoms with Gasteiger partial charge in [-0.2, -0.15) is 0 Å². The van der Waals surface area contributed by atoms with Crippen molar-refractivity contribution in [2.45, 2.75) is 0 Å². The molecule has 0 saturated heterocycles. The highest BCUT2D eigenvalue weighted by Gasteiger charge is 2.15. The van der Waals surface area contributed by atoms with Crippen LogP contribution in [0.2, 0.25) is 0 Å². The number of nitrogens with zero attached hydrogens (tertiary/aromatic N) is 1. The zero-order valence-corrected chi connectivity index (χ0v) is 8.14. The molecular formula is C9H12BNO3. The zero-order chi connectivity index (χ0) is 10.7. The topological polar surface area (TPSA) is 60.8 Å². The minimum atomic E-state index is -1.61. The molecule has 0 spiro atoms. The van der Waals surface area contributed by atoms with Gasteiger partial charge in [0.1, 0.15) is 6.29 Å². The Morgan fingerprint density at radius 3 is 2.43 bits per heavy atom. The zero-order valence-electron chi connectivity index (χ0n) is 8.14. The van der Waals surface area contributed by atoms with Crippen LogP contribution in [-0.2, 0) is 0 Å². The van der Waals surface area contributed by atoms with Gasteiger partial charge in [0.25, 0.3) is 0 Å². The van der Waals surface area contributed by atoms with Gasteiger partial charge in [0.15, 0.2) is 0 Å². The van der Waals surface area contributed by atoms with Crippen LogP contribution in [0.15, 0.2) is 18.2 Å². The predicted molar refractivity (Wildman–Crippen MR) is 56.0 cm³/mol. The van der Waals surface area contributed by atoms with Crippen LogP contribution in [0, 0.1) is 0 Å². The predicted octanol–water partition coefficient (Wildman–Crippen LogP) is -0.755. The van der Waals surface area contributed by atoms with Crippen LogP contribution in [-0.4, -0.2) is 37.5 Å². The number of benzene rings is 1. The van der Waals surface area contributed by atoms with Crippen LogP contribution in [0.5, 0.6) is 0 Å². The average Bonchev–Trinajstić information content (AvgIpc) is 2.16. The monoisotopic (exact) mass is 193 g/mol. The van der Waals surface area contributed by atoms with E-state index in [0.29, 0.717) is 11.8 Å². The lowest BCUT2D eigenvalue weighted by molar-refractivity contribution is 0.112. The second kappa shape index (κ2) is 4.26.